The maximum atomic E-state index is 11.2. The van der Waals surface area contributed by atoms with E-state index in [-0.39, 0.29) is 12.6 Å². The van der Waals surface area contributed by atoms with Crippen LogP contribution in [0.15, 0.2) is 28.6 Å². The standard InChI is InChI=1S/C8H7BrO2S/c1-2-4-11-8(10)7-6(9)3-5-12-7/h2-3,5H,1,4H2. The molecule has 1 aromatic heterocycles. The van der Waals surface area contributed by atoms with Crippen molar-refractivity contribution in [1.29, 1.82) is 0 Å². The number of ether oxygens (including phenoxy) is 1. The molecule has 1 rings (SSSR count). The lowest BCUT2D eigenvalue weighted by molar-refractivity contribution is 0.0554. The normalized spacial score (nSPS) is 9.42. The van der Waals surface area contributed by atoms with Gasteiger partial charge in [0, 0.05) is 4.47 Å². The molecule has 0 aromatic carbocycles. The molecule has 0 radical (unpaired) electrons. The summed E-state index contributed by atoms with van der Waals surface area (Å²) in [6.45, 7) is 3.70. The molecular weight excluding hydrogens is 240 g/mol. The van der Waals surface area contributed by atoms with Gasteiger partial charge in [-0.3, -0.25) is 0 Å². The van der Waals surface area contributed by atoms with Gasteiger partial charge in [-0.25, -0.2) is 4.79 Å². The molecule has 0 fully saturated rings. The second-order valence-electron chi connectivity index (χ2n) is 1.98. The fourth-order valence-electron chi connectivity index (χ4n) is 0.640. The third-order valence-electron chi connectivity index (χ3n) is 1.13. The Morgan fingerprint density at radius 2 is 2.58 bits per heavy atom. The molecule has 0 aliphatic rings. The number of carbonyl (C=O) groups is 1. The summed E-state index contributed by atoms with van der Waals surface area (Å²) in [6, 6.07) is 1.81. The molecule has 0 saturated heterocycles. The largest absolute Gasteiger partial charge is 0.457 e. The summed E-state index contributed by atoms with van der Waals surface area (Å²) >= 11 is 4.59. The molecule has 0 aliphatic carbocycles. The van der Waals surface area contributed by atoms with Crippen LogP contribution in [0.1, 0.15) is 9.67 Å². The third kappa shape index (κ3) is 2.19. The Hall–Kier alpha value is -0.610. The Morgan fingerprint density at radius 3 is 3.08 bits per heavy atom. The number of carbonyl (C=O) groups excluding carboxylic acids is 1. The Labute approximate surface area is 83.0 Å². The van der Waals surface area contributed by atoms with Gasteiger partial charge in [-0.05, 0) is 27.4 Å². The van der Waals surface area contributed by atoms with Crippen molar-refractivity contribution in [1.82, 2.24) is 0 Å². The fourth-order valence-corrected chi connectivity index (χ4v) is 2.06. The van der Waals surface area contributed by atoms with Gasteiger partial charge in [0.25, 0.3) is 0 Å². The highest BCUT2D eigenvalue weighted by Crippen LogP contribution is 2.23. The first kappa shape index (κ1) is 9.48. The molecule has 0 amide bonds. The topological polar surface area (TPSA) is 26.3 Å². The van der Waals surface area contributed by atoms with E-state index < -0.39 is 0 Å². The summed E-state index contributed by atoms with van der Waals surface area (Å²) in [4.78, 5) is 11.8. The smallest absolute Gasteiger partial charge is 0.349 e. The van der Waals surface area contributed by atoms with Gasteiger partial charge < -0.3 is 4.74 Å². The van der Waals surface area contributed by atoms with Gasteiger partial charge in [0.05, 0.1) is 0 Å². The first-order valence-corrected chi connectivity index (χ1v) is 4.94. The van der Waals surface area contributed by atoms with E-state index in [2.05, 4.69) is 22.5 Å². The molecular formula is C8H7BrO2S. The lowest BCUT2D eigenvalue weighted by Crippen LogP contribution is -2.02. The second-order valence-corrected chi connectivity index (χ2v) is 3.76. The molecule has 0 spiro atoms. The van der Waals surface area contributed by atoms with Crippen LogP contribution in [0.5, 0.6) is 0 Å². The zero-order valence-corrected chi connectivity index (χ0v) is 8.65. The highest BCUT2D eigenvalue weighted by atomic mass is 79.9. The van der Waals surface area contributed by atoms with E-state index in [1.54, 1.807) is 6.08 Å². The summed E-state index contributed by atoms with van der Waals surface area (Å²) in [7, 11) is 0. The van der Waals surface area contributed by atoms with Gasteiger partial charge in [-0.15, -0.1) is 11.3 Å². The quantitative estimate of drug-likeness (QED) is 0.606. The molecule has 4 heteroatoms. The minimum absolute atomic E-state index is 0.253. The van der Waals surface area contributed by atoms with Crippen LogP contribution in [0.25, 0.3) is 0 Å². The monoisotopic (exact) mass is 246 g/mol. The van der Waals surface area contributed by atoms with Gasteiger partial charge >= 0.3 is 5.97 Å². The highest BCUT2D eigenvalue weighted by molar-refractivity contribution is 9.10. The Kier molecular flexibility index (Phi) is 3.49. The average Bonchev–Trinajstić information content (AvgIpc) is 2.47. The number of rotatable bonds is 3. The number of halogens is 1. The maximum Gasteiger partial charge on any atom is 0.349 e. The molecule has 12 heavy (non-hydrogen) atoms. The molecule has 0 bridgehead atoms. The van der Waals surface area contributed by atoms with E-state index >= 15 is 0 Å². The van der Waals surface area contributed by atoms with Crippen LogP contribution in [0.4, 0.5) is 0 Å². The fraction of sp³-hybridized carbons (Fsp3) is 0.125. The summed E-state index contributed by atoms with van der Waals surface area (Å²) < 4.78 is 5.62. The lowest BCUT2D eigenvalue weighted by atomic mass is 10.5. The van der Waals surface area contributed by atoms with Crippen LogP contribution in [-0.4, -0.2) is 12.6 Å². The second kappa shape index (κ2) is 4.42. The predicted octanol–water partition coefficient (Wildman–Crippen LogP) is 2.85. The molecule has 0 aliphatic heterocycles. The summed E-state index contributed by atoms with van der Waals surface area (Å²) in [5.41, 5.74) is 0. The minimum atomic E-state index is -0.309. The van der Waals surface area contributed by atoms with E-state index in [0.29, 0.717) is 4.88 Å². The van der Waals surface area contributed by atoms with Gasteiger partial charge in [0.15, 0.2) is 0 Å². The number of thiophene rings is 1. The van der Waals surface area contributed by atoms with Crippen LogP contribution >= 0.6 is 27.3 Å². The van der Waals surface area contributed by atoms with E-state index in [1.165, 1.54) is 11.3 Å². The van der Waals surface area contributed by atoms with Crippen molar-refractivity contribution in [3.05, 3.63) is 33.5 Å². The minimum Gasteiger partial charge on any atom is -0.457 e. The first-order chi connectivity index (χ1) is 5.75. The zero-order chi connectivity index (χ0) is 8.97. The molecule has 2 nitrogen and oxygen atoms in total. The highest BCUT2D eigenvalue weighted by Gasteiger charge is 2.11. The molecule has 64 valence electrons. The average molecular weight is 247 g/mol. The van der Waals surface area contributed by atoms with Gasteiger partial charge in [0.2, 0.25) is 0 Å². The van der Waals surface area contributed by atoms with E-state index in [9.17, 15) is 4.79 Å². The van der Waals surface area contributed by atoms with E-state index in [1.807, 2.05) is 11.4 Å². The van der Waals surface area contributed by atoms with Crippen LogP contribution in [0.2, 0.25) is 0 Å². The van der Waals surface area contributed by atoms with Crippen LogP contribution in [0, 0.1) is 0 Å². The third-order valence-corrected chi connectivity index (χ3v) is 2.95. The first-order valence-electron chi connectivity index (χ1n) is 3.26. The Morgan fingerprint density at radius 1 is 1.83 bits per heavy atom. The number of hydrogen-bond acceptors (Lipinski definition) is 3. The van der Waals surface area contributed by atoms with Crippen LogP contribution in [0.3, 0.4) is 0 Å². The molecule has 0 saturated carbocycles. The van der Waals surface area contributed by atoms with Gasteiger partial charge in [0.1, 0.15) is 11.5 Å². The van der Waals surface area contributed by atoms with Crippen molar-refractivity contribution in [3.63, 3.8) is 0 Å². The van der Waals surface area contributed by atoms with Crippen LogP contribution in [-0.2, 0) is 4.74 Å². The SMILES string of the molecule is C=CCOC(=O)c1sccc1Br. The van der Waals surface area contributed by atoms with Crippen LogP contribution < -0.4 is 0 Å². The predicted molar refractivity (Wildman–Crippen MR) is 52.5 cm³/mol. The van der Waals surface area contributed by atoms with Crippen molar-refractivity contribution >= 4 is 33.2 Å². The zero-order valence-electron chi connectivity index (χ0n) is 6.25. The van der Waals surface area contributed by atoms with Gasteiger partial charge in [-0.1, -0.05) is 12.7 Å². The van der Waals surface area contributed by atoms with E-state index in [0.717, 1.165) is 4.47 Å². The van der Waals surface area contributed by atoms with Crippen molar-refractivity contribution in [2.75, 3.05) is 6.61 Å². The molecule has 0 unspecified atom stereocenters. The van der Waals surface area contributed by atoms with Crippen molar-refractivity contribution in [2.24, 2.45) is 0 Å². The lowest BCUT2D eigenvalue weighted by Gasteiger charge is -1.98. The molecule has 1 aromatic rings. The molecule has 1 heterocycles. The number of esters is 1. The Bertz CT molecular complexity index is 293. The Balaban J connectivity index is 2.65. The van der Waals surface area contributed by atoms with Gasteiger partial charge in [-0.2, -0.15) is 0 Å². The summed E-state index contributed by atoms with van der Waals surface area (Å²) in [6.07, 6.45) is 1.54. The number of hydrogen-bond donors (Lipinski definition) is 0. The maximum absolute atomic E-state index is 11.2. The molecule has 0 atom stereocenters. The summed E-state index contributed by atoms with van der Waals surface area (Å²) in [5.74, 6) is -0.309. The van der Waals surface area contributed by atoms with Crippen molar-refractivity contribution in [2.45, 2.75) is 0 Å². The summed E-state index contributed by atoms with van der Waals surface area (Å²) in [5, 5.41) is 1.83. The van der Waals surface area contributed by atoms with Crippen molar-refractivity contribution < 1.29 is 9.53 Å². The molecule has 0 N–H and O–H groups in total. The van der Waals surface area contributed by atoms with E-state index in [4.69, 9.17) is 4.74 Å². The van der Waals surface area contributed by atoms with Crippen molar-refractivity contribution in [3.8, 4) is 0 Å².